The minimum absolute atomic E-state index is 0.0937. The number of benzene rings is 2. The SMILES string of the molecule is O=C(N/N=C\c1cc2c3c(c1O)CCCN3CCC2)c1cnn(-c2ccccc2)c1C(F)(F)F. The summed E-state index contributed by atoms with van der Waals surface area (Å²) in [7, 11) is 0. The van der Waals surface area contributed by atoms with Crippen LogP contribution in [0.5, 0.6) is 5.75 Å². The van der Waals surface area contributed by atoms with Crippen molar-refractivity contribution in [1.29, 1.82) is 0 Å². The van der Waals surface area contributed by atoms with Crippen molar-refractivity contribution in [3.63, 3.8) is 0 Å². The smallest absolute Gasteiger partial charge is 0.434 e. The molecule has 0 unspecified atom stereocenters. The zero-order valence-electron chi connectivity index (χ0n) is 18.1. The van der Waals surface area contributed by atoms with Crippen LogP contribution in [-0.4, -0.2) is 40.1 Å². The van der Waals surface area contributed by atoms with Crippen LogP contribution in [-0.2, 0) is 19.0 Å². The van der Waals surface area contributed by atoms with Crippen molar-refractivity contribution in [2.24, 2.45) is 5.10 Å². The van der Waals surface area contributed by atoms with Crippen molar-refractivity contribution in [2.45, 2.75) is 31.9 Å². The molecule has 176 valence electrons. The van der Waals surface area contributed by atoms with Crippen molar-refractivity contribution in [2.75, 3.05) is 18.0 Å². The Morgan fingerprint density at radius 2 is 1.88 bits per heavy atom. The highest BCUT2D eigenvalue weighted by molar-refractivity contribution is 5.96. The van der Waals surface area contributed by atoms with Crippen molar-refractivity contribution in [1.82, 2.24) is 15.2 Å². The minimum Gasteiger partial charge on any atom is -0.507 e. The molecule has 0 fully saturated rings. The molecular formula is C24H22F3N5O2. The van der Waals surface area contributed by atoms with E-state index >= 15 is 0 Å². The van der Waals surface area contributed by atoms with Crippen molar-refractivity contribution < 1.29 is 23.1 Å². The molecular weight excluding hydrogens is 447 g/mol. The highest BCUT2D eigenvalue weighted by atomic mass is 19.4. The Bertz CT molecular complexity index is 1270. The molecule has 0 saturated heterocycles. The predicted octanol–water partition coefficient (Wildman–Crippen LogP) is 4.06. The number of hydrazone groups is 1. The lowest BCUT2D eigenvalue weighted by molar-refractivity contribution is -0.143. The Balaban J connectivity index is 1.42. The van der Waals surface area contributed by atoms with Gasteiger partial charge in [-0.15, -0.1) is 0 Å². The fourth-order valence-electron chi connectivity index (χ4n) is 4.74. The molecule has 10 heteroatoms. The van der Waals surface area contributed by atoms with E-state index in [4.69, 9.17) is 0 Å². The van der Waals surface area contributed by atoms with E-state index in [-0.39, 0.29) is 11.4 Å². The van der Waals surface area contributed by atoms with Gasteiger partial charge in [-0.05, 0) is 49.4 Å². The molecule has 0 spiro atoms. The first kappa shape index (κ1) is 22.0. The van der Waals surface area contributed by atoms with E-state index in [1.165, 1.54) is 18.3 Å². The van der Waals surface area contributed by atoms with E-state index < -0.39 is 23.3 Å². The first-order chi connectivity index (χ1) is 16.3. The lowest BCUT2D eigenvalue weighted by Crippen LogP contribution is -2.34. The van der Waals surface area contributed by atoms with Crippen molar-refractivity contribution in [3.05, 3.63) is 70.5 Å². The summed E-state index contributed by atoms with van der Waals surface area (Å²) in [6.07, 6.45) is 0.890. The largest absolute Gasteiger partial charge is 0.507 e. The Morgan fingerprint density at radius 1 is 1.15 bits per heavy atom. The van der Waals surface area contributed by atoms with Gasteiger partial charge in [-0.2, -0.15) is 23.4 Å². The zero-order chi connectivity index (χ0) is 23.9. The molecule has 5 rings (SSSR count). The maximum atomic E-state index is 13.8. The van der Waals surface area contributed by atoms with Gasteiger partial charge in [0, 0.05) is 29.9 Å². The number of anilines is 1. The Labute approximate surface area is 193 Å². The lowest BCUT2D eigenvalue weighted by Gasteiger charge is -2.37. The normalized spacial score (nSPS) is 15.4. The molecule has 7 nitrogen and oxygen atoms in total. The lowest BCUT2D eigenvalue weighted by atomic mass is 9.89. The van der Waals surface area contributed by atoms with E-state index in [1.54, 1.807) is 18.2 Å². The number of amides is 1. The quantitative estimate of drug-likeness (QED) is 0.446. The highest BCUT2D eigenvalue weighted by Gasteiger charge is 2.40. The van der Waals surface area contributed by atoms with Gasteiger partial charge in [0.05, 0.1) is 23.7 Å². The number of carbonyl (C=O) groups is 1. The third-order valence-electron chi connectivity index (χ3n) is 6.18. The second kappa shape index (κ2) is 8.51. The molecule has 0 atom stereocenters. The number of carbonyl (C=O) groups excluding carboxylic acids is 1. The number of hydrogen-bond donors (Lipinski definition) is 2. The van der Waals surface area contributed by atoms with Gasteiger partial charge in [0.1, 0.15) is 5.75 Å². The van der Waals surface area contributed by atoms with Crippen LogP contribution in [0.4, 0.5) is 18.9 Å². The van der Waals surface area contributed by atoms with E-state index in [0.29, 0.717) is 10.2 Å². The Kier molecular flexibility index (Phi) is 5.51. The number of para-hydroxylation sites is 1. The summed E-state index contributed by atoms with van der Waals surface area (Å²) in [5.74, 6) is -0.952. The summed E-state index contributed by atoms with van der Waals surface area (Å²) in [5, 5.41) is 18.4. The van der Waals surface area contributed by atoms with Crippen LogP contribution in [0.1, 0.15) is 45.6 Å². The third-order valence-corrected chi connectivity index (χ3v) is 6.18. The number of phenols is 1. The van der Waals surface area contributed by atoms with Gasteiger partial charge in [-0.25, -0.2) is 10.1 Å². The first-order valence-corrected chi connectivity index (χ1v) is 11.0. The van der Waals surface area contributed by atoms with E-state index in [1.807, 2.05) is 6.07 Å². The monoisotopic (exact) mass is 469 g/mol. The zero-order valence-corrected chi connectivity index (χ0v) is 18.1. The van der Waals surface area contributed by atoms with Crippen molar-refractivity contribution >= 4 is 17.8 Å². The number of alkyl halides is 3. The fraction of sp³-hybridized carbons (Fsp3) is 0.292. The van der Waals surface area contributed by atoms with Crippen LogP contribution in [0.25, 0.3) is 5.69 Å². The molecule has 2 aliphatic heterocycles. The van der Waals surface area contributed by atoms with Gasteiger partial charge in [0.15, 0.2) is 5.69 Å². The Hall–Kier alpha value is -3.82. The van der Waals surface area contributed by atoms with Gasteiger partial charge in [-0.3, -0.25) is 4.79 Å². The topological polar surface area (TPSA) is 82.8 Å². The molecule has 1 aromatic heterocycles. The van der Waals surface area contributed by atoms with E-state index in [0.717, 1.165) is 61.8 Å². The minimum atomic E-state index is -4.81. The first-order valence-electron chi connectivity index (χ1n) is 11.0. The molecule has 2 aliphatic rings. The molecule has 2 aromatic carbocycles. The maximum Gasteiger partial charge on any atom is 0.434 e. The number of aromatic nitrogens is 2. The molecule has 3 aromatic rings. The highest BCUT2D eigenvalue weighted by Crippen LogP contribution is 2.41. The van der Waals surface area contributed by atoms with Crippen molar-refractivity contribution in [3.8, 4) is 11.4 Å². The molecule has 3 heterocycles. The van der Waals surface area contributed by atoms with Crippen LogP contribution in [0, 0.1) is 0 Å². The average molecular weight is 469 g/mol. The molecule has 34 heavy (non-hydrogen) atoms. The standard InChI is InChI=1S/C24H22F3N5O2/c25-24(26,27)22-19(14-29-32(22)17-7-2-1-3-8-17)23(34)30-28-13-16-12-15-6-4-10-31-11-5-9-18(20(15)31)21(16)33/h1-3,7-8,12-14,33H,4-6,9-11H2,(H,30,34)/b28-13-. The number of hydrogen-bond acceptors (Lipinski definition) is 5. The van der Waals surface area contributed by atoms with Crippen LogP contribution in [0.3, 0.4) is 0 Å². The van der Waals surface area contributed by atoms with E-state index in [2.05, 4.69) is 20.5 Å². The van der Waals surface area contributed by atoms with Gasteiger partial charge in [0.2, 0.25) is 0 Å². The van der Waals surface area contributed by atoms with Gasteiger partial charge >= 0.3 is 6.18 Å². The number of aryl methyl sites for hydroxylation is 1. The maximum absolute atomic E-state index is 13.8. The van der Waals surface area contributed by atoms with Crippen LogP contribution in [0.15, 0.2) is 47.7 Å². The number of aromatic hydroxyl groups is 1. The molecule has 0 radical (unpaired) electrons. The number of nitrogens with zero attached hydrogens (tertiary/aromatic N) is 4. The third kappa shape index (κ3) is 3.89. The number of nitrogens with one attached hydrogen (secondary N) is 1. The summed E-state index contributed by atoms with van der Waals surface area (Å²) in [6, 6.07) is 9.60. The predicted molar refractivity (Wildman–Crippen MR) is 121 cm³/mol. The second-order valence-electron chi connectivity index (χ2n) is 8.35. The number of phenolic OH excluding ortho intramolecular Hbond substituents is 1. The van der Waals surface area contributed by atoms with Gasteiger partial charge in [-0.1, -0.05) is 18.2 Å². The van der Waals surface area contributed by atoms with Crippen LogP contribution < -0.4 is 10.3 Å². The molecule has 0 saturated carbocycles. The number of rotatable bonds is 4. The second-order valence-corrected chi connectivity index (χ2v) is 8.35. The molecule has 0 aliphatic carbocycles. The summed E-state index contributed by atoms with van der Waals surface area (Å²) < 4.78 is 42.1. The summed E-state index contributed by atoms with van der Waals surface area (Å²) in [4.78, 5) is 14.9. The fourth-order valence-corrected chi connectivity index (χ4v) is 4.74. The number of halogens is 3. The summed E-state index contributed by atoms with van der Waals surface area (Å²) in [6.45, 7) is 1.92. The molecule has 2 N–H and O–H groups in total. The summed E-state index contributed by atoms with van der Waals surface area (Å²) in [5.41, 5.74) is 3.97. The van der Waals surface area contributed by atoms with Crippen LogP contribution >= 0.6 is 0 Å². The molecule has 1 amide bonds. The van der Waals surface area contributed by atoms with Gasteiger partial charge < -0.3 is 10.0 Å². The van der Waals surface area contributed by atoms with Crippen LogP contribution in [0.2, 0.25) is 0 Å². The average Bonchev–Trinajstić information content (AvgIpc) is 3.29. The van der Waals surface area contributed by atoms with Gasteiger partial charge in [0.25, 0.3) is 5.91 Å². The summed E-state index contributed by atoms with van der Waals surface area (Å²) >= 11 is 0. The molecule has 0 bridgehead atoms. The van der Waals surface area contributed by atoms with E-state index in [9.17, 15) is 23.1 Å². The Morgan fingerprint density at radius 3 is 2.62 bits per heavy atom.